The summed E-state index contributed by atoms with van der Waals surface area (Å²) in [6.07, 6.45) is 0.757. The van der Waals surface area contributed by atoms with Gasteiger partial charge in [-0.05, 0) is 49.9 Å². The minimum Gasteiger partial charge on any atom is -0.398 e. The molecule has 0 unspecified atom stereocenters. The van der Waals surface area contributed by atoms with Gasteiger partial charge in [-0.15, -0.1) is 0 Å². The second-order valence-corrected chi connectivity index (χ2v) is 7.04. The van der Waals surface area contributed by atoms with E-state index in [1.54, 1.807) is 19.1 Å². The van der Waals surface area contributed by atoms with Crippen LogP contribution in [0.15, 0.2) is 17.0 Å². The summed E-state index contributed by atoms with van der Waals surface area (Å²) in [6.45, 7) is 4.14. The van der Waals surface area contributed by atoms with Gasteiger partial charge < -0.3 is 10.8 Å². The molecule has 0 aliphatic carbocycles. The van der Waals surface area contributed by atoms with Crippen molar-refractivity contribution in [1.82, 2.24) is 4.31 Å². The molecular weight excluding hydrogens is 264 g/mol. The van der Waals surface area contributed by atoms with Crippen molar-refractivity contribution < 1.29 is 13.5 Å². The van der Waals surface area contributed by atoms with Gasteiger partial charge in [0.15, 0.2) is 0 Å². The number of aryl methyl sites for hydroxylation is 1. The Morgan fingerprint density at radius 1 is 1.37 bits per heavy atom. The third-order valence-electron chi connectivity index (χ3n) is 3.52. The van der Waals surface area contributed by atoms with Crippen molar-refractivity contribution in [2.45, 2.75) is 37.7 Å². The minimum atomic E-state index is -3.58. The van der Waals surface area contributed by atoms with E-state index in [4.69, 9.17) is 5.73 Å². The van der Waals surface area contributed by atoms with Crippen LogP contribution in [0, 0.1) is 13.8 Å². The molecular formula is C13H20N2O3S. The lowest BCUT2D eigenvalue weighted by atomic mass is 10.1. The lowest BCUT2D eigenvalue weighted by Crippen LogP contribution is -2.42. The normalized spacial score (nSPS) is 21.5. The zero-order chi connectivity index (χ0) is 14.2. The Labute approximate surface area is 114 Å². The number of aliphatic hydroxyl groups is 1. The number of sulfonamides is 1. The number of benzene rings is 1. The molecule has 2 rings (SSSR count). The second-order valence-electron chi connectivity index (χ2n) is 5.14. The average Bonchev–Trinajstić information content (AvgIpc) is 2.33. The van der Waals surface area contributed by atoms with Crippen LogP contribution in [0.1, 0.15) is 24.0 Å². The maximum absolute atomic E-state index is 12.6. The number of rotatable bonds is 2. The monoisotopic (exact) mass is 284 g/mol. The third-order valence-corrected chi connectivity index (χ3v) is 5.51. The molecule has 3 N–H and O–H groups in total. The summed E-state index contributed by atoms with van der Waals surface area (Å²) in [4.78, 5) is 0.249. The molecule has 1 atom stereocenters. The fourth-order valence-electron chi connectivity index (χ4n) is 2.40. The first-order valence-corrected chi connectivity index (χ1v) is 7.81. The van der Waals surface area contributed by atoms with Crippen LogP contribution in [0.3, 0.4) is 0 Å². The number of piperidine rings is 1. The van der Waals surface area contributed by atoms with E-state index in [2.05, 4.69) is 0 Å². The number of nitrogen functional groups attached to an aromatic ring is 1. The molecule has 1 aromatic carbocycles. The van der Waals surface area contributed by atoms with Crippen molar-refractivity contribution in [1.29, 1.82) is 0 Å². The van der Waals surface area contributed by atoms with Gasteiger partial charge in [0.2, 0.25) is 10.0 Å². The second kappa shape index (κ2) is 5.11. The Bertz CT molecular complexity index is 584. The fourth-order valence-corrected chi connectivity index (χ4v) is 4.25. The Morgan fingerprint density at radius 2 is 2.05 bits per heavy atom. The van der Waals surface area contributed by atoms with Crippen LogP contribution in [-0.2, 0) is 10.0 Å². The SMILES string of the molecule is Cc1cc(N)c(C)c(S(=O)(=O)N2CCC[C@H](O)C2)c1. The number of aliphatic hydroxyl groups excluding tert-OH is 1. The first-order chi connectivity index (χ1) is 8.82. The molecule has 1 heterocycles. The van der Waals surface area contributed by atoms with Crippen molar-refractivity contribution >= 4 is 15.7 Å². The first-order valence-electron chi connectivity index (χ1n) is 6.37. The molecule has 1 aliphatic heterocycles. The molecule has 0 amide bonds. The van der Waals surface area contributed by atoms with Gasteiger partial charge in [-0.3, -0.25) is 0 Å². The maximum atomic E-state index is 12.6. The topological polar surface area (TPSA) is 83.6 Å². The molecule has 0 aromatic heterocycles. The minimum absolute atomic E-state index is 0.162. The zero-order valence-electron chi connectivity index (χ0n) is 11.3. The van der Waals surface area contributed by atoms with E-state index in [0.717, 1.165) is 5.56 Å². The molecule has 106 valence electrons. The number of nitrogens with two attached hydrogens (primary N) is 1. The summed E-state index contributed by atoms with van der Waals surface area (Å²) >= 11 is 0. The van der Waals surface area contributed by atoms with E-state index in [9.17, 15) is 13.5 Å². The van der Waals surface area contributed by atoms with E-state index in [1.807, 2.05) is 6.92 Å². The molecule has 6 heteroatoms. The molecule has 0 saturated carbocycles. The van der Waals surface area contributed by atoms with Crippen molar-refractivity contribution in [3.8, 4) is 0 Å². The number of β-amino-alcohol motifs (C(OH)–C–C–N with tert-alkyl or cyclic N) is 1. The first kappa shape index (κ1) is 14.3. The number of hydrogen-bond acceptors (Lipinski definition) is 4. The molecule has 0 bridgehead atoms. The summed E-state index contributed by atoms with van der Waals surface area (Å²) in [5.74, 6) is 0. The van der Waals surface area contributed by atoms with Crippen molar-refractivity contribution in [3.05, 3.63) is 23.3 Å². The van der Waals surface area contributed by atoms with Gasteiger partial charge in [-0.1, -0.05) is 0 Å². The van der Waals surface area contributed by atoms with Crippen LogP contribution in [0.5, 0.6) is 0 Å². The van der Waals surface area contributed by atoms with Crippen LogP contribution in [-0.4, -0.2) is 37.0 Å². The highest BCUT2D eigenvalue weighted by Gasteiger charge is 2.31. The Hall–Kier alpha value is -1.11. The maximum Gasteiger partial charge on any atom is 0.243 e. The van der Waals surface area contributed by atoms with Gasteiger partial charge in [0.25, 0.3) is 0 Å². The number of anilines is 1. The van der Waals surface area contributed by atoms with Gasteiger partial charge >= 0.3 is 0 Å². The lowest BCUT2D eigenvalue weighted by Gasteiger charge is -2.30. The Balaban J connectivity index is 2.45. The lowest BCUT2D eigenvalue weighted by molar-refractivity contribution is 0.108. The molecule has 0 spiro atoms. The summed E-state index contributed by atoms with van der Waals surface area (Å²) in [6, 6.07) is 3.40. The largest absolute Gasteiger partial charge is 0.398 e. The average molecular weight is 284 g/mol. The van der Waals surface area contributed by atoms with Crippen LogP contribution < -0.4 is 5.73 Å². The van der Waals surface area contributed by atoms with Crippen molar-refractivity contribution in [2.24, 2.45) is 0 Å². The predicted octanol–water partition coefficient (Wildman–Crippen LogP) is 1.03. The Kier molecular flexibility index (Phi) is 3.85. The van der Waals surface area contributed by atoms with E-state index in [1.165, 1.54) is 4.31 Å². The van der Waals surface area contributed by atoms with Crippen LogP contribution in [0.4, 0.5) is 5.69 Å². The summed E-state index contributed by atoms with van der Waals surface area (Å²) in [5, 5.41) is 9.64. The van der Waals surface area contributed by atoms with Crippen LogP contribution in [0.25, 0.3) is 0 Å². The van der Waals surface area contributed by atoms with Gasteiger partial charge in [-0.25, -0.2) is 8.42 Å². The van der Waals surface area contributed by atoms with Crippen molar-refractivity contribution in [2.75, 3.05) is 18.8 Å². The molecule has 1 aromatic rings. The van der Waals surface area contributed by atoms with E-state index in [0.29, 0.717) is 30.6 Å². The van der Waals surface area contributed by atoms with Crippen LogP contribution in [0.2, 0.25) is 0 Å². The number of hydrogen-bond donors (Lipinski definition) is 2. The molecule has 5 nitrogen and oxygen atoms in total. The smallest absolute Gasteiger partial charge is 0.243 e. The molecule has 1 saturated heterocycles. The van der Waals surface area contributed by atoms with Gasteiger partial charge in [0, 0.05) is 18.8 Å². The van der Waals surface area contributed by atoms with Gasteiger partial charge in [0.1, 0.15) is 0 Å². The zero-order valence-corrected chi connectivity index (χ0v) is 12.1. The molecule has 1 aliphatic rings. The third kappa shape index (κ3) is 2.75. The van der Waals surface area contributed by atoms with Crippen LogP contribution >= 0.6 is 0 Å². The highest BCUT2D eigenvalue weighted by atomic mass is 32.2. The van der Waals surface area contributed by atoms with E-state index >= 15 is 0 Å². The highest BCUT2D eigenvalue weighted by Crippen LogP contribution is 2.27. The summed E-state index contributed by atoms with van der Waals surface area (Å²) in [7, 11) is -3.58. The highest BCUT2D eigenvalue weighted by molar-refractivity contribution is 7.89. The van der Waals surface area contributed by atoms with Gasteiger partial charge in [0.05, 0.1) is 11.0 Å². The quantitative estimate of drug-likeness (QED) is 0.795. The van der Waals surface area contributed by atoms with E-state index in [-0.39, 0.29) is 11.4 Å². The molecule has 0 radical (unpaired) electrons. The standard InChI is InChI=1S/C13H20N2O3S/c1-9-6-12(14)10(2)13(7-9)19(17,18)15-5-3-4-11(16)8-15/h6-7,11,16H,3-5,8,14H2,1-2H3/t11-/m0/s1. The van der Waals surface area contributed by atoms with E-state index < -0.39 is 16.1 Å². The summed E-state index contributed by atoms with van der Waals surface area (Å²) in [5.41, 5.74) is 7.72. The number of nitrogens with zero attached hydrogens (tertiary/aromatic N) is 1. The van der Waals surface area contributed by atoms with Crippen molar-refractivity contribution in [3.63, 3.8) is 0 Å². The Morgan fingerprint density at radius 3 is 2.68 bits per heavy atom. The fraction of sp³-hybridized carbons (Fsp3) is 0.538. The summed E-state index contributed by atoms with van der Waals surface area (Å²) < 4.78 is 26.6. The molecule has 19 heavy (non-hydrogen) atoms. The van der Waals surface area contributed by atoms with Gasteiger partial charge in [-0.2, -0.15) is 4.31 Å². The molecule has 1 fully saturated rings. The predicted molar refractivity (Wildman–Crippen MR) is 74.3 cm³/mol.